The van der Waals surface area contributed by atoms with E-state index in [0.29, 0.717) is 31.0 Å². The summed E-state index contributed by atoms with van der Waals surface area (Å²) in [5.74, 6) is -0.681. The van der Waals surface area contributed by atoms with Crippen molar-refractivity contribution >= 4 is 11.8 Å². The van der Waals surface area contributed by atoms with Gasteiger partial charge in [-0.05, 0) is 30.3 Å². The Bertz CT molecular complexity index is 733. The maximum Gasteiger partial charge on any atom is 0.271 e. The fraction of sp³-hybridized carbons (Fsp3) is 0.353. The first-order valence-electron chi connectivity index (χ1n) is 8.02. The first kappa shape index (κ1) is 16.9. The lowest BCUT2D eigenvalue weighted by Gasteiger charge is -2.38. The molecule has 1 aliphatic heterocycles. The van der Waals surface area contributed by atoms with E-state index in [4.69, 9.17) is 10.5 Å². The smallest absolute Gasteiger partial charge is 0.271 e. The number of hydrogen-bond acceptors (Lipinski definition) is 4. The highest BCUT2D eigenvalue weighted by Crippen LogP contribution is 2.26. The lowest BCUT2D eigenvalue weighted by atomic mass is 9.91. The highest BCUT2D eigenvalue weighted by atomic mass is 19.1. The SMILES string of the molecule is NC(=O)C[C@H]1CN(C(=O)c2ccn[nH]2)CC[C@@H]1Oc1ccc(F)cc1. The summed E-state index contributed by atoms with van der Waals surface area (Å²) in [6.07, 6.45) is 1.90. The second-order valence-corrected chi connectivity index (χ2v) is 6.05. The average Bonchev–Trinajstić information content (AvgIpc) is 3.12. The van der Waals surface area contributed by atoms with Gasteiger partial charge in [0.1, 0.15) is 23.4 Å². The number of piperidine rings is 1. The molecule has 0 radical (unpaired) electrons. The van der Waals surface area contributed by atoms with Crippen LogP contribution in [0.5, 0.6) is 5.75 Å². The number of nitrogens with one attached hydrogen (secondary N) is 1. The molecule has 7 nitrogen and oxygen atoms in total. The monoisotopic (exact) mass is 346 g/mol. The summed E-state index contributed by atoms with van der Waals surface area (Å²) in [5, 5.41) is 6.43. The third kappa shape index (κ3) is 4.14. The molecule has 0 aliphatic carbocycles. The van der Waals surface area contributed by atoms with Gasteiger partial charge in [-0.3, -0.25) is 14.7 Å². The lowest BCUT2D eigenvalue weighted by molar-refractivity contribution is -0.120. The summed E-state index contributed by atoms with van der Waals surface area (Å²) < 4.78 is 18.9. The molecule has 2 atom stereocenters. The molecule has 1 aromatic heterocycles. The number of halogens is 1. The Hall–Kier alpha value is -2.90. The topological polar surface area (TPSA) is 101 Å². The van der Waals surface area contributed by atoms with E-state index in [9.17, 15) is 14.0 Å². The highest BCUT2D eigenvalue weighted by molar-refractivity contribution is 5.92. The van der Waals surface area contributed by atoms with Crippen LogP contribution in [0.4, 0.5) is 4.39 Å². The van der Waals surface area contributed by atoms with Crippen LogP contribution in [0.15, 0.2) is 36.5 Å². The second-order valence-electron chi connectivity index (χ2n) is 6.05. The number of carbonyl (C=O) groups excluding carboxylic acids is 2. The van der Waals surface area contributed by atoms with E-state index >= 15 is 0 Å². The van der Waals surface area contributed by atoms with Gasteiger partial charge in [-0.2, -0.15) is 5.10 Å². The third-order valence-corrected chi connectivity index (χ3v) is 4.25. The van der Waals surface area contributed by atoms with Crippen molar-refractivity contribution in [1.82, 2.24) is 15.1 Å². The third-order valence-electron chi connectivity index (χ3n) is 4.25. The molecule has 25 heavy (non-hydrogen) atoms. The Labute approximate surface area is 144 Å². The van der Waals surface area contributed by atoms with Crippen molar-refractivity contribution in [3.05, 3.63) is 48.0 Å². The maximum absolute atomic E-state index is 13.0. The average molecular weight is 346 g/mol. The zero-order valence-corrected chi connectivity index (χ0v) is 13.5. The van der Waals surface area contributed by atoms with Gasteiger partial charge >= 0.3 is 0 Å². The van der Waals surface area contributed by atoms with Crippen molar-refractivity contribution in [3.8, 4) is 5.75 Å². The molecule has 8 heteroatoms. The molecule has 1 saturated heterocycles. The Kier molecular flexibility index (Phi) is 4.97. The molecular formula is C17H19FN4O3. The van der Waals surface area contributed by atoms with Crippen LogP contribution >= 0.6 is 0 Å². The van der Waals surface area contributed by atoms with Gasteiger partial charge in [-0.1, -0.05) is 0 Å². The molecule has 0 unspecified atom stereocenters. The quantitative estimate of drug-likeness (QED) is 0.853. The molecule has 2 amide bonds. The van der Waals surface area contributed by atoms with Crippen LogP contribution in [0.1, 0.15) is 23.3 Å². The summed E-state index contributed by atoms with van der Waals surface area (Å²) in [6.45, 7) is 0.839. The van der Waals surface area contributed by atoms with E-state index in [1.807, 2.05) is 0 Å². The minimum atomic E-state index is -0.450. The number of rotatable bonds is 5. The normalized spacial score (nSPS) is 20.3. The summed E-state index contributed by atoms with van der Waals surface area (Å²) in [7, 11) is 0. The standard InChI is InChI=1S/C17H19FN4O3/c18-12-1-3-13(4-2-12)25-15-6-8-22(10-11(15)9-16(19)23)17(24)14-5-7-20-21-14/h1-5,7,11,15H,6,8-10H2,(H2,19,23)(H,20,21)/t11-,15-/m0/s1. The number of carbonyl (C=O) groups is 2. The first-order chi connectivity index (χ1) is 12.0. The van der Waals surface area contributed by atoms with Crippen LogP contribution in [0.25, 0.3) is 0 Å². The van der Waals surface area contributed by atoms with Gasteiger partial charge < -0.3 is 15.4 Å². The van der Waals surface area contributed by atoms with E-state index < -0.39 is 5.91 Å². The van der Waals surface area contributed by atoms with Crippen LogP contribution in [0.3, 0.4) is 0 Å². The van der Waals surface area contributed by atoms with Gasteiger partial charge in [-0.25, -0.2) is 4.39 Å². The molecule has 1 fully saturated rings. The molecular weight excluding hydrogens is 327 g/mol. The van der Waals surface area contributed by atoms with Crippen molar-refractivity contribution in [3.63, 3.8) is 0 Å². The van der Waals surface area contributed by atoms with Crippen molar-refractivity contribution in [2.45, 2.75) is 18.9 Å². The lowest BCUT2D eigenvalue weighted by Crippen LogP contribution is -2.49. The minimum absolute atomic E-state index is 0.110. The number of likely N-dealkylation sites (tertiary alicyclic amines) is 1. The van der Waals surface area contributed by atoms with Gasteiger partial charge in [-0.15, -0.1) is 0 Å². The van der Waals surface area contributed by atoms with E-state index in [0.717, 1.165) is 0 Å². The summed E-state index contributed by atoms with van der Waals surface area (Å²) >= 11 is 0. The molecule has 2 heterocycles. The number of H-pyrrole nitrogens is 1. The Balaban J connectivity index is 1.70. The van der Waals surface area contributed by atoms with E-state index in [2.05, 4.69) is 10.2 Å². The van der Waals surface area contributed by atoms with Crippen LogP contribution in [-0.4, -0.2) is 46.1 Å². The molecule has 0 spiro atoms. The fourth-order valence-corrected chi connectivity index (χ4v) is 3.04. The van der Waals surface area contributed by atoms with Gasteiger partial charge in [0.05, 0.1) is 0 Å². The van der Waals surface area contributed by atoms with Crippen molar-refractivity contribution in [2.24, 2.45) is 11.7 Å². The molecule has 132 valence electrons. The number of benzene rings is 1. The van der Waals surface area contributed by atoms with E-state index in [1.54, 1.807) is 23.1 Å². The highest BCUT2D eigenvalue weighted by Gasteiger charge is 2.34. The first-order valence-corrected chi connectivity index (χ1v) is 8.02. The molecule has 0 bridgehead atoms. The van der Waals surface area contributed by atoms with Crippen LogP contribution in [-0.2, 0) is 4.79 Å². The number of nitrogens with zero attached hydrogens (tertiary/aromatic N) is 2. The molecule has 3 N–H and O–H groups in total. The summed E-state index contributed by atoms with van der Waals surface area (Å²) in [6, 6.07) is 7.31. The number of aromatic nitrogens is 2. The molecule has 1 aliphatic rings. The Morgan fingerprint density at radius 1 is 1.32 bits per heavy atom. The summed E-state index contributed by atoms with van der Waals surface area (Å²) in [4.78, 5) is 25.5. The Morgan fingerprint density at radius 3 is 2.72 bits per heavy atom. The molecule has 0 saturated carbocycles. The number of aromatic amines is 1. The number of hydrogen-bond donors (Lipinski definition) is 2. The number of amides is 2. The number of primary amides is 1. The van der Waals surface area contributed by atoms with Gasteiger partial charge in [0.25, 0.3) is 5.91 Å². The fourth-order valence-electron chi connectivity index (χ4n) is 3.04. The second kappa shape index (κ2) is 7.33. The minimum Gasteiger partial charge on any atom is -0.490 e. The largest absolute Gasteiger partial charge is 0.490 e. The van der Waals surface area contributed by atoms with Crippen LogP contribution in [0, 0.1) is 11.7 Å². The van der Waals surface area contributed by atoms with Crippen LogP contribution < -0.4 is 10.5 Å². The predicted octanol–water partition coefficient (Wildman–Crippen LogP) is 1.33. The maximum atomic E-state index is 13.0. The predicted molar refractivity (Wildman–Crippen MR) is 87.2 cm³/mol. The zero-order valence-electron chi connectivity index (χ0n) is 13.5. The molecule has 3 rings (SSSR count). The number of ether oxygens (including phenoxy) is 1. The Morgan fingerprint density at radius 2 is 2.08 bits per heavy atom. The molecule has 2 aromatic rings. The van der Waals surface area contributed by atoms with Crippen molar-refractivity contribution < 1.29 is 18.7 Å². The van der Waals surface area contributed by atoms with E-state index in [1.165, 1.54) is 18.3 Å². The zero-order chi connectivity index (χ0) is 17.8. The summed E-state index contributed by atoms with van der Waals surface area (Å²) in [5.41, 5.74) is 5.75. The van der Waals surface area contributed by atoms with Crippen molar-refractivity contribution in [2.75, 3.05) is 13.1 Å². The van der Waals surface area contributed by atoms with Crippen LogP contribution in [0.2, 0.25) is 0 Å². The van der Waals surface area contributed by atoms with Gasteiger partial charge in [0.15, 0.2) is 0 Å². The van der Waals surface area contributed by atoms with Gasteiger partial charge in [0, 0.05) is 38.0 Å². The molecule has 1 aromatic carbocycles. The number of nitrogens with two attached hydrogens (primary N) is 1. The van der Waals surface area contributed by atoms with Gasteiger partial charge in [0.2, 0.25) is 5.91 Å². The van der Waals surface area contributed by atoms with E-state index in [-0.39, 0.29) is 30.2 Å². The van der Waals surface area contributed by atoms with Crippen molar-refractivity contribution in [1.29, 1.82) is 0 Å².